The number of aromatic nitrogens is 4. The van der Waals surface area contributed by atoms with E-state index in [1.165, 1.54) is 0 Å². The van der Waals surface area contributed by atoms with Crippen molar-refractivity contribution in [3.05, 3.63) is 121 Å². The second-order valence-corrected chi connectivity index (χ2v) is 10.3. The Bertz CT molecular complexity index is 2020. The van der Waals surface area contributed by atoms with Crippen molar-refractivity contribution in [2.45, 2.75) is 0 Å². The van der Waals surface area contributed by atoms with Crippen molar-refractivity contribution in [2.75, 3.05) is 0 Å². The zero-order valence-electron chi connectivity index (χ0n) is 21.7. The molecule has 0 unspecified atom stereocenters. The van der Waals surface area contributed by atoms with E-state index in [1.54, 1.807) is 0 Å². The summed E-state index contributed by atoms with van der Waals surface area (Å²) in [6, 6.07) is 42.1. The topological polar surface area (TPSA) is 54.0 Å². The van der Waals surface area contributed by atoms with Crippen molar-refractivity contribution in [1.82, 2.24) is 19.9 Å². The Morgan fingerprint density at radius 2 is 0.585 bits per heavy atom. The molecule has 8 bridgehead atoms. The molecule has 0 spiro atoms. The van der Waals surface area contributed by atoms with Crippen LogP contribution in [0.15, 0.2) is 121 Å². The number of rotatable bonds is 0. The Balaban J connectivity index is 0.00000256. The van der Waals surface area contributed by atoms with E-state index in [9.17, 15) is 0 Å². The summed E-state index contributed by atoms with van der Waals surface area (Å²) >= 11 is 0. The number of hydrogen-bond donors (Lipinski definition) is 0. The predicted octanol–water partition coefficient (Wildman–Crippen LogP) is 8.54. The Labute approximate surface area is 245 Å². The molecule has 5 heterocycles. The minimum Gasteiger partial charge on any atom is -0.657 e. The Hall–Kier alpha value is -4.99. The van der Waals surface area contributed by atoms with Gasteiger partial charge in [0.25, 0.3) is 0 Å². The first-order valence-electron chi connectivity index (χ1n) is 13.4. The van der Waals surface area contributed by atoms with Gasteiger partial charge in [-0.15, -0.1) is 22.1 Å². The Morgan fingerprint density at radius 1 is 0.341 bits per heavy atom. The number of hydrogen-bond acceptors (Lipinski definition) is 2. The van der Waals surface area contributed by atoms with Crippen LogP contribution in [0.2, 0.25) is 0 Å². The molecule has 4 aromatic carbocycles. The molecule has 0 saturated carbocycles. The summed E-state index contributed by atoms with van der Waals surface area (Å²) in [6.45, 7) is 0. The largest absolute Gasteiger partial charge is 3.00 e. The zero-order valence-corrected chi connectivity index (χ0v) is 22.6. The smallest absolute Gasteiger partial charge is 0.657 e. The van der Waals surface area contributed by atoms with Crippen LogP contribution in [0.25, 0.3) is 88.6 Å². The minimum atomic E-state index is 0. The Morgan fingerprint density at radius 3 is 0.854 bits per heavy atom. The monoisotopic (exact) mass is 566 g/mol. The maximum Gasteiger partial charge on any atom is 3.00 e. The summed E-state index contributed by atoms with van der Waals surface area (Å²) in [7, 11) is 0. The number of nitrogens with zero attached hydrogens (tertiary/aromatic N) is 4. The van der Waals surface area contributed by atoms with Crippen molar-refractivity contribution in [1.29, 1.82) is 0 Å². The van der Waals surface area contributed by atoms with Crippen LogP contribution in [0.4, 0.5) is 0 Å². The molecule has 3 aromatic heterocycles. The summed E-state index contributed by atoms with van der Waals surface area (Å²) in [4.78, 5) is 20.5. The fourth-order valence-electron chi connectivity index (χ4n) is 6.12. The molecule has 7 aromatic rings. The van der Waals surface area contributed by atoms with E-state index in [0.29, 0.717) is 0 Å². The second-order valence-electron chi connectivity index (χ2n) is 10.3. The van der Waals surface area contributed by atoms with Crippen LogP contribution >= 0.6 is 0 Å². The summed E-state index contributed by atoms with van der Waals surface area (Å²) in [6.07, 6.45) is 0. The summed E-state index contributed by atoms with van der Waals surface area (Å²) < 4.78 is 0. The van der Waals surface area contributed by atoms with Crippen LogP contribution in [0, 0.1) is 0 Å². The van der Waals surface area contributed by atoms with E-state index in [0.717, 1.165) is 88.6 Å². The first-order chi connectivity index (χ1) is 19.8. The zero-order chi connectivity index (χ0) is 26.2. The van der Waals surface area contributed by atoms with Gasteiger partial charge in [0.15, 0.2) is 0 Å². The van der Waals surface area contributed by atoms with Gasteiger partial charge in [0, 0.05) is 22.3 Å². The van der Waals surface area contributed by atoms with Gasteiger partial charge in [-0.25, -0.2) is 9.97 Å². The average molecular weight is 567 g/mol. The van der Waals surface area contributed by atoms with Gasteiger partial charge in [0.2, 0.25) is 0 Å². The molecule has 0 aliphatic carbocycles. The molecule has 2 aliphatic rings. The van der Waals surface area contributed by atoms with Crippen LogP contribution < -0.4 is 9.97 Å². The SMILES string of the molecule is [Ni+3].c1ccc2c(c1)-c1cc3[n-]c(cc4nc(cc5[n-]c(cc-2n1)c1ccccc51)-c1ccccc1-4)c1ccccc31. The van der Waals surface area contributed by atoms with E-state index in [2.05, 4.69) is 121 Å². The molecule has 2 aliphatic heterocycles. The number of fused-ring (bicyclic) bond motifs is 20. The van der Waals surface area contributed by atoms with E-state index < -0.39 is 0 Å². The fourth-order valence-corrected chi connectivity index (χ4v) is 6.12. The average Bonchev–Trinajstić information content (AvgIpc) is 3.73. The molecule has 4 nitrogen and oxygen atoms in total. The first-order valence-corrected chi connectivity index (χ1v) is 13.4. The molecular formula is C36H20N4Ni+. The molecule has 41 heavy (non-hydrogen) atoms. The second kappa shape index (κ2) is 9.02. The third kappa shape index (κ3) is 3.60. The van der Waals surface area contributed by atoms with Gasteiger partial charge in [-0.3, -0.25) is 0 Å². The van der Waals surface area contributed by atoms with Gasteiger partial charge in [0.1, 0.15) is 0 Å². The maximum atomic E-state index is 5.13. The van der Waals surface area contributed by atoms with Crippen LogP contribution in [-0.2, 0) is 16.5 Å². The predicted molar refractivity (Wildman–Crippen MR) is 163 cm³/mol. The molecule has 193 valence electrons. The number of benzene rings is 4. The minimum absolute atomic E-state index is 0. The van der Waals surface area contributed by atoms with E-state index >= 15 is 0 Å². The molecule has 1 radical (unpaired) electrons. The van der Waals surface area contributed by atoms with Gasteiger partial charge in [-0.1, -0.05) is 97.1 Å². The molecule has 0 N–H and O–H groups in total. The maximum absolute atomic E-state index is 5.13. The van der Waals surface area contributed by atoms with Gasteiger partial charge < -0.3 is 9.97 Å². The summed E-state index contributed by atoms with van der Waals surface area (Å²) in [5.41, 5.74) is 11.7. The fraction of sp³-hybridized carbons (Fsp3) is 0. The van der Waals surface area contributed by atoms with Crippen LogP contribution in [0.3, 0.4) is 0 Å². The molecule has 0 atom stereocenters. The standard InChI is InChI=1S/C36H20N4.Ni/c1-2-10-22-21(9-1)29-17-31-23-11-3-4-12-24(23)33(38-31)19-35-27-15-7-8-16-28(27)36(40-35)20-34-26-14-6-5-13-25(26)32(39-34)18-30(22)37-29;/h1-20H;/q-2;+3. The third-order valence-electron chi connectivity index (χ3n) is 7.97. The Kier molecular flexibility index (Phi) is 5.25. The van der Waals surface area contributed by atoms with Gasteiger partial charge in [0.05, 0.1) is 22.8 Å². The van der Waals surface area contributed by atoms with E-state index in [4.69, 9.17) is 19.9 Å². The summed E-state index contributed by atoms with van der Waals surface area (Å²) in [5, 5.41) is 4.41. The molecule has 0 amide bonds. The quantitative estimate of drug-likeness (QED) is 0.172. The van der Waals surface area contributed by atoms with Gasteiger partial charge in [-0.2, -0.15) is 0 Å². The van der Waals surface area contributed by atoms with Crippen LogP contribution in [0.5, 0.6) is 0 Å². The van der Waals surface area contributed by atoms with Crippen LogP contribution in [0.1, 0.15) is 0 Å². The van der Waals surface area contributed by atoms with E-state index in [-0.39, 0.29) is 16.5 Å². The normalized spacial score (nSPS) is 11.7. The van der Waals surface area contributed by atoms with Crippen molar-refractivity contribution in [2.24, 2.45) is 0 Å². The molecule has 0 saturated heterocycles. The molecule has 0 fully saturated rings. The molecule has 5 heteroatoms. The molecular weight excluding hydrogens is 547 g/mol. The van der Waals surface area contributed by atoms with Gasteiger partial charge in [-0.05, 0) is 45.8 Å². The van der Waals surface area contributed by atoms with Crippen molar-refractivity contribution in [3.63, 3.8) is 0 Å². The summed E-state index contributed by atoms with van der Waals surface area (Å²) in [5.74, 6) is 0. The first kappa shape index (κ1) is 23.9. The van der Waals surface area contributed by atoms with Gasteiger partial charge >= 0.3 is 16.5 Å². The third-order valence-corrected chi connectivity index (χ3v) is 7.97. The molecule has 9 rings (SSSR count). The van der Waals surface area contributed by atoms with Crippen LogP contribution in [-0.4, -0.2) is 9.97 Å². The van der Waals surface area contributed by atoms with Crippen molar-refractivity contribution >= 4 is 43.6 Å². The van der Waals surface area contributed by atoms with E-state index in [1.807, 2.05) is 0 Å². The van der Waals surface area contributed by atoms with Crippen molar-refractivity contribution in [3.8, 4) is 45.0 Å². The van der Waals surface area contributed by atoms with Crippen molar-refractivity contribution < 1.29 is 16.5 Å².